The SMILES string of the molecule is Cc1nc(C2CCCCN2C(=O)C2CCCCC2)ncc1C(=O)Nc1ccc(Cl)cc1. The number of hydrogen-bond donors (Lipinski definition) is 1. The van der Waals surface area contributed by atoms with Gasteiger partial charge in [0, 0.05) is 29.4 Å². The summed E-state index contributed by atoms with van der Waals surface area (Å²) in [4.78, 5) is 37.1. The number of anilines is 1. The summed E-state index contributed by atoms with van der Waals surface area (Å²) in [6.45, 7) is 2.58. The maximum Gasteiger partial charge on any atom is 0.259 e. The third kappa shape index (κ3) is 5.06. The maximum absolute atomic E-state index is 13.2. The van der Waals surface area contributed by atoms with E-state index in [9.17, 15) is 9.59 Å². The van der Waals surface area contributed by atoms with Crippen molar-refractivity contribution >= 4 is 29.1 Å². The van der Waals surface area contributed by atoms with Crippen molar-refractivity contribution in [3.63, 3.8) is 0 Å². The summed E-state index contributed by atoms with van der Waals surface area (Å²) in [5.74, 6) is 0.782. The average Bonchev–Trinajstić information content (AvgIpc) is 2.80. The van der Waals surface area contributed by atoms with Crippen molar-refractivity contribution in [1.82, 2.24) is 14.9 Å². The number of nitrogens with one attached hydrogen (secondary N) is 1. The molecule has 1 aliphatic carbocycles. The molecule has 164 valence electrons. The Bertz CT molecular complexity index is 941. The highest BCUT2D eigenvalue weighted by molar-refractivity contribution is 6.30. The third-order valence-corrected chi connectivity index (χ3v) is 6.63. The Morgan fingerprint density at radius 2 is 1.74 bits per heavy atom. The van der Waals surface area contributed by atoms with Crippen LogP contribution in [0, 0.1) is 12.8 Å². The molecule has 1 aliphatic heterocycles. The van der Waals surface area contributed by atoms with E-state index in [2.05, 4.69) is 15.3 Å². The fraction of sp³-hybridized carbons (Fsp3) is 0.500. The van der Waals surface area contributed by atoms with Crippen molar-refractivity contribution in [2.24, 2.45) is 5.92 Å². The van der Waals surface area contributed by atoms with Gasteiger partial charge < -0.3 is 10.2 Å². The van der Waals surface area contributed by atoms with Crippen molar-refractivity contribution < 1.29 is 9.59 Å². The Balaban J connectivity index is 1.50. The number of amides is 2. The summed E-state index contributed by atoms with van der Waals surface area (Å²) in [5, 5.41) is 3.47. The largest absolute Gasteiger partial charge is 0.332 e. The van der Waals surface area contributed by atoms with Crippen molar-refractivity contribution in [2.75, 3.05) is 11.9 Å². The van der Waals surface area contributed by atoms with Gasteiger partial charge in [0.05, 0.1) is 17.3 Å². The van der Waals surface area contributed by atoms with Gasteiger partial charge in [-0.2, -0.15) is 0 Å². The highest BCUT2D eigenvalue weighted by Crippen LogP contribution is 2.34. The van der Waals surface area contributed by atoms with Crippen LogP contribution in [0.2, 0.25) is 5.02 Å². The lowest BCUT2D eigenvalue weighted by Crippen LogP contribution is -2.43. The molecular weight excluding hydrogens is 412 g/mol. The molecule has 1 aromatic carbocycles. The quantitative estimate of drug-likeness (QED) is 0.697. The fourth-order valence-electron chi connectivity index (χ4n) is 4.65. The Morgan fingerprint density at radius 3 is 2.45 bits per heavy atom. The molecule has 1 N–H and O–H groups in total. The second-order valence-corrected chi connectivity index (χ2v) is 9.00. The lowest BCUT2D eigenvalue weighted by atomic mass is 9.87. The van der Waals surface area contributed by atoms with Gasteiger partial charge in [0.2, 0.25) is 5.91 Å². The van der Waals surface area contributed by atoms with E-state index < -0.39 is 0 Å². The van der Waals surface area contributed by atoms with Gasteiger partial charge in [0.25, 0.3) is 5.91 Å². The minimum atomic E-state index is -0.259. The Morgan fingerprint density at radius 1 is 1.03 bits per heavy atom. The molecule has 1 aromatic heterocycles. The normalized spacial score (nSPS) is 19.8. The number of likely N-dealkylation sites (tertiary alicyclic amines) is 1. The Labute approximate surface area is 188 Å². The van der Waals surface area contributed by atoms with E-state index in [-0.39, 0.29) is 23.8 Å². The summed E-state index contributed by atoms with van der Waals surface area (Å²) < 4.78 is 0. The maximum atomic E-state index is 13.2. The number of carbonyl (C=O) groups excluding carboxylic acids is 2. The molecule has 6 nitrogen and oxygen atoms in total. The van der Waals surface area contributed by atoms with Crippen molar-refractivity contribution in [3.05, 3.63) is 52.6 Å². The first-order valence-corrected chi connectivity index (χ1v) is 11.6. The smallest absolute Gasteiger partial charge is 0.259 e. The highest BCUT2D eigenvalue weighted by Gasteiger charge is 2.34. The van der Waals surface area contributed by atoms with E-state index in [0.717, 1.165) is 51.5 Å². The Kier molecular flexibility index (Phi) is 6.86. The predicted octanol–water partition coefficient (Wildman–Crippen LogP) is 5.32. The zero-order valence-electron chi connectivity index (χ0n) is 17.9. The van der Waals surface area contributed by atoms with Crippen molar-refractivity contribution in [3.8, 4) is 0 Å². The van der Waals surface area contributed by atoms with Crippen LogP contribution in [0.1, 0.15) is 79.3 Å². The number of hydrogen-bond acceptors (Lipinski definition) is 4. The second-order valence-electron chi connectivity index (χ2n) is 8.57. The molecule has 1 atom stereocenters. The zero-order valence-corrected chi connectivity index (χ0v) is 18.7. The molecule has 2 amide bonds. The summed E-state index contributed by atoms with van der Waals surface area (Å²) in [5.41, 5.74) is 1.71. The molecule has 4 rings (SSSR count). The van der Waals surface area contributed by atoms with Crippen LogP contribution in [0.5, 0.6) is 0 Å². The lowest BCUT2D eigenvalue weighted by molar-refractivity contribution is -0.140. The van der Waals surface area contributed by atoms with Crippen LogP contribution >= 0.6 is 11.6 Å². The third-order valence-electron chi connectivity index (χ3n) is 6.38. The lowest BCUT2D eigenvalue weighted by Gasteiger charge is -2.38. The van der Waals surface area contributed by atoms with Gasteiger partial charge in [0.15, 0.2) is 5.82 Å². The van der Waals surface area contributed by atoms with E-state index in [4.69, 9.17) is 11.6 Å². The van der Waals surface area contributed by atoms with Gasteiger partial charge in [-0.25, -0.2) is 9.97 Å². The molecule has 2 heterocycles. The standard InChI is InChI=1S/C24H29ClN4O2/c1-16-20(23(30)28-19-12-10-18(25)11-13-19)15-26-22(27-16)21-9-5-6-14-29(21)24(31)17-7-3-2-4-8-17/h10-13,15,17,21H,2-9,14H2,1H3,(H,28,30). The molecule has 2 fully saturated rings. The minimum absolute atomic E-state index is 0.102. The first-order chi connectivity index (χ1) is 15.0. The number of halogens is 1. The number of aromatic nitrogens is 2. The summed E-state index contributed by atoms with van der Waals surface area (Å²) in [6.07, 6.45) is 10.0. The van der Waals surface area contributed by atoms with Crippen LogP contribution in [0.4, 0.5) is 5.69 Å². The topological polar surface area (TPSA) is 75.2 Å². The average molecular weight is 441 g/mol. The van der Waals surface area contributed by atoms with Crippen LogP contribution < -0.4 is 5.32 Å². The van der Waals surface area contributed by atoms with E-state index in [1.54, 1.807) is 30.5 Å². The molecular formula is C24H29ClN4O2. The monoisotopic (exact) mass is 440 g/mol. The number of benzene rings is 1. The van der Waals surface area contributed by atoms with E-state index in [1.807, 2.05) is 11.8 Å². The molecule has 2 aromatic rings. The Hall–Kier alpha value is -2.47. The number of carbonyl (C=O) groups is 2. The molecule has 1 unspecified atom stereocenters. The van der Waals surface area contributed by atoms with Crippen LogP contribution in [0.25, 0.3) is 0 Å². The summed E-state index contributed by atoms with van der Waals surface area (Å²) >= 11 is 5.90. The van der Waals surface area contributed by atoms with E-state index in [0.29, 0.717) is 27.8 Å². The number of piperidine rings is 1. The highest BCUT2D eigenvalue weighted by atomic mass is 35.5. The molecule has 1 saturated carbocycles. The zero-order chi connectivity index (χ0) is 21.8. The molecule has 2 aliphatic rings. The minimum Gasteiger partial charge on any atom is -0.332 e. The van der Waals surface area contributed by atoms with Gasteiger partial charge in [-0.3, -0.25) is 9.59 Å². The molecule has 1 saturated heterocycles. The number of rotatable bonds is 4. The van der Waals surface area contributed by atoms with Gasteiger partial charge in [-0.05, 0) is 63.3 Å². The predicted molar refractivity (Wildman–Crippen MR) is 121 cm³/mol. The number of aryl methyl sites for hydroxylation is 1. The van der Waals surface area contributed by atoms with Crippen LogP contribution in [-0.2, 0) is 4.79 Å². The van der Waals surface area contributed by atoms with Crippen molar-refractivity contribution in [2.45, 2.75) is 64.3 Å². The van der Waals surface area contributed by atoms with Gasteiger partial charge in [-0.1, -0.05) is 30.9 Å². The molecule has 0 bridgehead atoms. The van der Waals surface area contributed by atoms with E-state index in [1.165, 1.54) is 6.42 Å². The summed E-state index contributed by atoms with van der Waals surface area (Å²) in [6, 6.07) is 6.86. The molecule has 0 spiro atoms. The number of nitrogens with zero attached hydrogens (tertiary/aromatic N) is 3. The first-order valence-electron chi connectivity index (χ1n) is 11.2. The molecule has 31 heavy (non-hydrogen) atoms. The van der Waals surface area contributed by atoms with Gasteiger partial charge >= 0.3 is 0 Å². The van der Waals surface area contributed by atoms with Gasteiger partial charge in [-0.15, -0.1) is 0 Å². The first kappa shape index (κ1) is 21.8. The van der Waals surface area contributed by atoms with E-state index >= 15 is 0 Å². The van der Waals surface area contributed by atoms with Crippen molar-refractivity contribution in [1.29, 1.82) is 0 Å². The fourth-order valence-corrected chi connectivity index (χ4v) is 4.77. The molecule has 0 radical (unpaired) electrons. The van der Waals surface area contributed by atoms with Crippen LogP contribution in [0.15, 0.2) is 30.5 Å². The second kappa shape index (κ2) is 9.77. The van der Waals surface area contributed by atoms with Crippen LogP contribution in [-0.4, -0.2) is 33.2 Å². The summed E-state index contributed by atoms with van der Waals surface area (Å²) in [7, 11) is 0. The van der Waals surface area contributed by atoms with Gasteiger partial charge in [0.1, 0.15) is 0 Å². The molecule has 7 heteroatoms. The van der Waals surface area contributed by atoms with Crippen LogP contribution in [0.3, 0.4) is 0 Å².